The average Bonchev–Trinajstić information content (AvgIpc) is 3.13. The second-order valence-electron chi connectivity index (χ2n) is 7.53. The first-order chi connectivity index (χ1) is 13.6. The molecule has 0 aliphatic carbocycles. The monoisotopic (exact) mass is 380 g/mol. The molecule has 2 fully saturated rings. The average molecular weight is 380 g/mol. The van der Waals surface area contributed by atoms with E-state index in [9.17, 15) is 14.4 Å². The normalized spacial score (nSPS) is 20.6. The van der Waals surface area contributed by atoms with E-state index >= 15 is 0 Å². The number of ether oxygens (including phenoxy) is 1. The summed E-state index contributed by atoms with van der Waals surface area (Å²) in [5.41, 5.74) is 0.864. The number of benzene rings is 2. The SMILES string of the molecule is COC(=O)C1CCN(C(=O)[C@@H]2CC(=O)N(c3cccc4ccccc34)C2)CC1. The Hall–Kier alpha value is -2.89. The van der Waals surface area contributed by atoms with Crippen LogP contribution >= 0.6 is 0 Å². The number of nitrogens with zero attached hydrogens (tertiary/aromatic N) is 2. The summed E-state index contributed by atoms with van der Waals surface area (Å²) in [6.45, 7) is 1.48. The van der Waals surface area contributed by atoms with E-state index in [0.29, 0.717) is 32.5 Å². The second kappa shape index (κ2) is 7.62. The molecule has 0 radical (unpaired) electrons. The van der Waals surface area contributed by atoms with Gasteiger partial charge in [-0.2, -0.15) is 0 Å². The molecular weight excluding hydrogens is 356 g/mol. The minimum atomic E-state index is -0.332. The van der Waals surface area contributed by atoms with Gasteiger partial charge in [0.25, 0.3) is 0 Å². The highest BCUT2D eigenvalue weighted by molar-refractivity contribution is 6.07. The van der Waals surface area contributed by atoms with E-state index in [1.54, 1.807) is 9.80 Å². The molecule has 6 nitrogen and oxygen atoms in total. The summed E-state index contributed by atoms with van der Waals surface area (Å²) in [5, 5.41) is 2.10. The van der Waals surface area contributed by atoms with E-state index < -0.39 is 0 Å². The number of hydrogen-bond acceptors (Lipinski definition) is 4. The van der Waals surface area contributed by atoms with E-state index in [4.69, 9.17) is 4.74 Å². The highest BCUT2D eigenvalue weighted by atomic mass is 16.5. The third-order valence-electron chi connectivity index (χ3n) is 5.87. The van der Waals surface area contributed by atoms with Crippen LogP contribution in [0.3, 0.4) is 0 Å². The van der Waals surface area contributed by atoms with Gasteiger partial charge < -0.3 is 14.5 Å². The van der Waals surface area contributed by atoms with Crippen LogP contribution in [-0.4, -0.2) is 49.4 Å². The van der Waals surface area contributed by atoms with Crippen molar-refractivity contribution in [1.82, 2.24) is 4.90 Å². The summed E-state index contributed by atoms with van der Waals surface area (Å²) in [4.78, 5) is 40.9. The molecular formula is C22H24N2O4. The lowest BCUT2D eigenvalue weighted by atomic mass is 9.95. The van der Waals surface area contributed by atoms with E-state index in [1.165, 1.54) is 7.11 Å². The molecule has 0 aromatic heterocycles. The van der Waals surface area contributed by atoms with Crippen molar-refractivity contribution >= 4 is 34.2 Å². The van der Waals surface area contributed by atoms with Gasteiger partial charge in [0.1, 0.15) is 0 Å². The number of fused-ring (bicyclic) bond motifs is 1. The van der Waals surface area contributed by atoms with Crippen molar-refractivity contribution in [2.24, 2.45) is 11.8 Å². The van der Waals surface area contributed by atoms with E-state index in [-0.39, 0.29) is 36.0 Å². The zero-order chi connectivity index (χ0) is 19.7. The molecule has 1 atom stereocenters. The molecule has 2 heterocycles. The lowest BCUT2D eigenvalue weighted by molar-refractivity contribution is -0.149. The molecule has 2 saturated heterocycles. The molecule has 0 bridgehead atoms. The van der Waals surface area contributed by atoms with Crippen LogP contribution in [0.1, 0.15) is 19.3 Å². The van der Waals surface area contributed by atoms with Gasteiger partial charge in [0.2, 0.25) is 11.8 Å². The number of carbonyl (C=O) groups is 3. The molecule has 2 aromatic carbocycles. The Morgan fingerprint density at radius 1 is 1.00 bits per heavy atom. The number of anilines is 1. The van der Waals surface area contributed by atoms with Gasteiger partial charge in [-0.15, -0.1) is 0 Å². The zero-order valence-electron chi connectivity index (χ0n) is 16.0. The van der Waals surface area contributed by atoms with Crippen LogP contribution in [-0.2, 0) is 19.1 Å². The fraction of sp³-hybridized carbons (Fsp3) is 0.409. The molecule has 0 N–H and O–H groups in total. The minimum Gasteiger partial charge on any atom is -0.469 e. The molecule has 0 unspecified atom stereocenters. The Bertz CT molecular complexity index is 912. The minimum absolute atomic E-state index is 0.0133. The van der Waals surface area contributed by atoms with Gasteiger partial charge in [-0.05, 0) is 24.3 Å². The number of esters is 1. The van der Waals surface area contributed by atoms with Crippen molar-refractivity contribution in [2.45, 2.75) is 19.3 Å². The topological polar surface area (TPSA) is 66.9 Å². The molecule has 0 saturated carbocycles. The Labute approximate surface area is 164 Å². The fourth-order valence-corrected chi connectivity index (χ4v) is 4.31. The van der Waals surface area contributed by atoms with Gasteiger partial charge in [-0.1, -0.05) is 36.4 Å². The highest BCUT2D eigenvalue weighted by Crippen LogP contribution is 2.32. The van der Waals surface area contributed by atoms with Gasteiger partial charge in [-0.3, -0.25) is 14.4 Å². The lowest BCUT2D eigenvalue weighted by Gasteiger charge is -2.32. The first-order valence-electron chi connectivity index (χ1n) is 9.73. The van der Waals surface area contributed by atoms with Crippen LogP contribution in [0.15, 0.2) is 42.5 Å². The molecule has 0 spiro atoms. The first kappa shape index (κ1) is 18.5. The van der Waals surface area contributed by atoms with Gasteiger partial charge in [0, 0.05) is 31.4 Å². The van der Waals surface area contributed by atoms with Gasteiger partial charge >= 0.3 is 5.97 Å². The molecule has 2 aliphatic rings. The molecule has 28 heavy (non-hydrogen) atoms. The summed E-state index contributed by atoms with van der Waals surface area (Å²) >= 11 is 0. The summed E-state index contributed by atoms with van der Waals surface area (Å²) in [5.74, 6) is -0.670. The summed E-state index contributed by atoms with van der Waals surface area (Å²) in [6.07, 6.45) is 1.47. The third-order valence-corrected chi connectivity index (χ3v) is 5.87. The van der Waals surface area contributed by atoms with E-state index in [0.717, 1.165) is 16.5 Å². The number of carbonyl (C=O) groups excluding carboxylic acids is 3. The Balaban J connectivity index is 1.46. The van der Waals surface area contributed by atoms with Crippen LogP contribution in [0.25, 0.3) is 10.8 Å². The van der Waals surface area contributed by atoms with Crippen molar-refractivity contribution < 1.29 is 19.1 Å². The standard InChI is InChI=1S/C22H24N2O4/c1-28-22(27)16-9-11-23(12-10-16)21(26)17-13-20(25)24(14-17)19-8-4-6-15-5-2-3-7-18(15)19/h2-8,16-17H,9-14H2,1H3/t17-/m1/s1. The smallest absolute Gasteiger partial charge is 0.308 e. The quantitative estimate of drug-likeness (QED) is 0.768. The van der Waals surface area contributed by atoms with Crippen LogP contribution < -0.4 is 4.90 Å². The van der Waals surface area contributed by atoms with Gasteiger partial charge in [0.05, 0.1) is 24.6 Å². The van der Waals surface area contributed by atoms with Crippen LogP contribution in [0.4, 0.5) is 5.69 Å². The highest BCUT2D eigenvalue weighted by Gasteiger charge is 2.39. The number of hydrogen-bond donors (Lipinski definition) is 0. The zero-order valence-corrected chi connectivity index (χ0v) is 16.0. The van der Waals surface area contributed by atoms with E-state index in [2.05, 4.69) is 0 Å². The first-order valence-corrected chi connectivity index (χ1v) is 9.73. The molecule has 2 amide bonds. The fourth-order valence-electron chi connectivity index (χ4n) is 4.31. The molecule has 6 heteroatoms. The number of rotatable bonds is 3. The molecule has 2 aromatic rings. The number of piperidine rings is 1. The Morgan fingerprint density at radius 2 is 1.71 bits per heavy atom. The van der Waals surface area contributed by atoms with Crippen LogP contribution in [0.2, 0.25) is 0 Å². The largest absolute Gasteiger partial charge is 0.469 e. The summed E-state index contributed by atoms with van der Waals surface area (Å²) in [7, 11) is 1.39. The van der Waals surface area contributed by atoms with Gasteiger partial charge in [-0.25, -0.2) is 0 Å². The predicted molar refractivity (Wildman–Crippen MR) is 106 cm³/mol. The number of amides is 2. The van der Waals surface area contributed by atoms with Crippen LogP contribution in [0, 0.1) is 11.8 Å². The van der Waals surface area contributed by atoms with Crippen molar-refractivity contribution in [3.8, 4) is 0 Å². The van der Waals surface area contributed by atoms with Crippen molar-refractivity contribution in [3.05, 3.63) is 42.5 Å². The second-order valence-corrected chi connectivity index (χ2v) is 7.53. The number of methoxy groups -OCH3 is 1. The summed E-state index contributed by atoms with van der Waals surface area (Å²) in [6, 6.07) is 13.9. The number of likely N-dealkylation sites (tertiary alicyclic amines) is 1. The van der Waals surface area contributed by atoms with Gasteiger partial charge in [0.15, 0.2) is 0 Å². The Morgan fingerprint density at radius 3 is 2.46 bits per heavy atom. The molecule has 4 rings (SSSR count). The summed E-state index contributed by atoms with van der Waals surface area (Å²) < 4.78 is 4.80. The maximum absolute atomic E-state index is 13.0. The molecule has 146 valence electrons. The maximum atomic E-state index is 13.0. The van der Waals surface area contributed by atoms with E-state index in [1.807, 2.05) is 42.5 Å². The molecule has 2 aliphatic heterocycles. The third kappa shape index (κ3) is 3.35. The Kier molecular flexibility index (Phi) is 5.03. The lowest BCUT2D eigenvalue weighted by Crippen LogP contribution is -2.43. The van der Waals surface area contributed by atoms with Crippen molar-refractivity contribution in [1.29, 1.82) is 0 Å². The maximum Gasteiger partial charge on any atom is 0.308 e. The van der Waals surface area contributed by atoms with Crippen molar-refractivity contribution in [2.75, 3.05) is 31.6 Å². The predicted octanol–water partition coefficient (Wildman–Crippen LogP) is 2.60. The van der Waals surface area contributed by atoms with Crippen LogP contribution in [0.5, 0.6) is 0 Å². The van der Waals surface area contributed by atoms with Crippen molar-refractivity contribution in [3.63, 3.8) is 0 Å².